The molecule has 0 saturated heterocycles. The molecule has 5 nitrogen and oxygen atoms in total. The fourth-order valence-corrected chi connectivity index (χ4v) is 4.01. The molecule has 0 amide bonds. The average Bonchev–Trinajstić information content (AvgIpc) is 3.33. The van der Waals surface area contributed by atoms with Crippen LogP contribution in [0.5, 0.6) is 0 Å². The molecule has 0 spiro atoms. The predicted octanol–water partition coefficient (Wildman–Crippen LogP) is 4.55. The van der Waals surface area contributed by atoms with Crippen LogP contribution in [-0.2, 0) is 32.3 Å². The summed E-state index contributed by atoms with van der Waals surface area (Å²) in [7, 11) is 0. The Morgan fingerprint density at radius 3 is 2.81 bits per heavy atom. The number of fused-ring (bicyclic) bond motifs is 1. The van der Waals surface area contributed by atoms with E-state index in [0.29, 0.717) is 0 Å². The number of aryl methyl sites for hydroxylation is 3. The quantitative estimate of drug-likeness (QED) is 0.358. The van der Waals surface area contributed by atoms with Crippen LogP contribution >= 0.6 is 0 Å². The number of para-hydroxylation sites is 1. The first kappa shape index (κ1) is 17.3. The number of imidazole rings is 1. The van der Waals surface area contributed by atoms with Gasteiger partial charge in [0.1, 0.15) is 0 Å². The van der Waals surface area contributed by atoms with Crippen molar-refractivity contribution in [3.05, 3.63) is 64.0 Å². The van der Waals surface area contributed by atoms with Crippen LogP contribution < -0.4 is 0 Å². The van der Waals surface area contributed by atoms with Crippen LogP contribution in [0.1, 0.15) is 30.7 Å². The Kier molecular flexibility index (Phi) is 5.07. The molecule has 0 atom stereocenters. The van der Waals surface area contributed by atoms with Crippen LogP contribution in [0.3, 0.4) is 0 Å². The summed E-state index contributed by atoms with van der Waals surface area (Å²) < 4.78 is 11.5. The van der Waals surface area contributed by atoms with Crippen molar-refractivity contribution >= 4 is 11.0 Å². The fraction of sp³-hybridized carbons (Fsp3) is 0.300. The number of nitrogens with one attached hydrogen (secondary N) is 1. The minimum absolute atomic E-state index is 0.865. The molecule has 3 aromatic heterocycles. The first-order chi connectivity index (χ1) is 12.7. The van der Waals surface area contributed by atoms with Crippen LogP contribution in [0.15, 0.2) is 53.2 Å². The van der Waals surface area contributed by atoms with Gasteiger partial charge >= 0.3 is 163 Å². The Hall–Kier alpha value is -2.13. The Balaban J connectivity index is 1.35. The summed E-state index contributed by atoms with van der Waals surface area (Å²) in [5.74, 6) is 0.865. The van der Waals surface area contributed by atoms with Gasteiger partial charge in [-0.1, -0.05) is 0 Å². The van der Waals surface area contributed by atoms with E-state index in [9.17, 15) is 0 Å². The average molecular weight is 530 g/mol. The summed E-state index contributed by atoms with van der Waals surface area (Å²) in [5.41, 5.74) is 3.23. The molecule has 0 saturated carbocycles. The van der Waals surface area contributed by atoms with E-state index >= 15 is 0 Å². The number of nitrogens with zero attached hydrogens (tertiary/aromatic N) is 3. The van der Waals surface area contributed by atoms with Crippen molar-refractivity contribution in [2.45, 2.75) is 39.2 Å². The Morgan fingerprint density at radius 2 is 2.00 bits per heavy atom. The molecule has 0 aliphatic carbocycles. The van der Waals surface area contributed by atoms with Crippen LogP contribution in [0, 0.1) is 10.7 Å². The molecule has 1 aromatic carbocycles. The summed E-state index contributed by atoms with van der Waals surface area (Å²) in [6.45, 7) is 3.06. The Morgan fingerprint density at radius 1 is 1.12 bits per heavy atom. The van der Waals surface area contributed by atoms with Gasteiger partial charge in [-0.15, -0.1) is 0 Å². The van der Waals surface area contributed by atoms with Gasteiger partial charge in [-0.25, -0.2) is 0 Å². The van der Waals surface area contributed by atoms with Crippen molar-refractivity contribution in [1.82, 2.24) is 19.3 Å². The molecule has 0 radical (unpaired) electrons. The van der Waals surface area contributed by atoms with Crippen LogP contribution in [0.25, 0.3) is 16.9 Å². The zero-order valence-electron chi connectivity index (χ0n) is 14.7. The van der Waals surface area contributed by atoms with Crippen LogP contribution in [0.2, 0.25) is 0 Å². The second-order valence-electron chi connectivity index (χ2n) is 6.58. The third kappa shape index (κ3) is 3.68. The molecule has 3 heterocycles. The van der Waals surface area contributed by atoms with E-state index in [1.54, 1.807) is 0 Å². The minimum atomic E-state index is 0.865. The van der Waals surface area contributed by atoms with Gasteiger partial charge < -0.3 is 0 Å². The molecular formula is C20H22N4OPt. The Bertz CT molecular complexity index is 1040. The van der Waals surface area contributed by atoms with E-state index in [2.05, 4.69) is 69.3 Å². The van der Waals surface area contributed by atoms with E-state index in [1.807, 2.05) is 25.1 Å². The van der Waals surface area contributed by atoms with Crippen LogP contribution in [0.4, 0.5) is 0 Å². The number of rotatable bonds is 7. The molecule has 0 fully saturated rings. The molecule has 4 aromatic rings. The van der Waals surface area contributed by atoms with Crippen molar-refractivity contribution < 1.29 is 23.8 Å². The summed E-state index contributed by atoms with van der Waals surface area (Å²) in [4.78, 5) is 0. The van der Waals surface area contributed by atoms with Gasteiger partial charge in [0.25, 0.3) is 0 Å². The number of furan rings is 1. The molecule has 0 unspecified atom stereocenters. The third-order valence-electron chi connectivity index (χ3n) is 4.54. The van der Waals surface area contributed by atoms with Gasteiger partial charge in [-0.2, -0.15) is 0 Å². The van der Waals surface area contributed by atoms with E-state index in [0.717, 1.165) is 45.7 Å². The zero-order valence-corrected chi connectivity index (χ0v) is 17.0. The Labute approximate surface area is 163 Å². The molecule has 4 rings (SSSR count). The standard InChI is InChI=1S/C20H22N4O.Pt/c1-16-13-18(22-21-16)8-3-2-6-10-23-11-12-24(15-23)20-14-17-7-4-5-9-19(17)25-20;/h4-5,7,9,11-14H,2-3,6,8,10H2,1H3,(H,21,22);. The van der Waals surface area contributed by atoms with Gasteiger partial charge in [0.2, 0.25) is 0 Å². The number of aromatic nitrogens is 4. The van der Waals surface area contributed by atoms with Gasteiger partial charge in [0.15, 0.2) is 0 Å². The summed E-state index contributed by atoms with van der Waals surface area (Å²) >= 11 is 2.37. The van der Waals surface area contributed by atoms with E-state index < -0.39 is 0 Å². The maximum absolute atomic E-state index is 5.98. The van der Waals surface area contributed by atoms with Crippen molar-refractivity contribution in [1.29, 1.82) is 0 Å². The normalized spacial score (nSPS) is 11.5. The molecule has 0 bridgehead atoms. The first-order valence-corrected chi connectivity index (χ1v) is 10.1. The number of benzene rings is 1. The fourth-order valence-electron chi connectivity index (χ4n) is 3.17. The topological polar surface area (TPSA) is 51.7 Å². The molecule has 6 heteroatoms. The monoisotopic (exact) mass is 529 g/mol. The predicted molar refractivity (Wildman–Crippen MR) is 97.7 cm³/mol. The number of hydrogen-bond acceptors (Lipinski definition) is 2. The molecule has 1 N–H and O–H groups in total. The van der Waals surface area contributed by atoms with Crippen LogP contribution in [-0.4, -0.2) is 19.3 Å². The number of aromatic amines is 1. The number of unbranched alkanes of at least 4 members (excludes halogenated alkanes) is 2. The molecule has 0 aliphatic rings. The molecule has 138 valence electrons. The molecular weight excluding hydrogens is 507 g/mol. The third-order valence-corrected chi connectivity index (χ3v) is 5.74. The van der Waals surface area contributed by atoms with Gasteiger partial charge in [-0.3, -0.25) is 0 Å². The summed E-state index contributed by atoms with van der Waals surface area (Å²) in [6.07, 6.45) is 8.79. The first-order valence-electron chi connectivity index (χ1n) is 8.94. The number of hydrogen-bond donors (Lipinski definition) is 1. The molecule has 0 aliphatic heterocycles. The van der Waals surface area contributed by atoms with Gasteiger partial charge in [-0.05, 0) is 0 Å². The SMILES string of the molecule is Cc1cc(CCCCCn2ccn(-c3cc4ccccc4o3)[c]2=[Pt])n[nH]1. The number of H-pyrrole nitrogens is 1. The maximum atomic E-state index is 5.98. The second-order valence-corrected chi connectivity index (χ2v) is 7.59. The summed E-state index contributed by atoms with van der Waals surface area (Å²) in [5, 5.41) is 8.43. The van der Waals surface area contributed by atoms with E-state index in [-0.39, 0.29) is 0 Å². The van der Waals surface area contributed by atoms with E-state index in [1.165, 1.54) is 18.5 Å². The summed E-state index contributed by atoms with van der Waals surface area (Å²) in [6, 6.07) is 12.3. The van der Waals surface area contributed by atoms with Crippen molar-refractivity contribution in [2.24, 2.45) is 0 Å². The van der Waals surface area contributed by atoms with Crippen molar-refractivity contribution in [2.75, 3.05) is 0 Å². The molecule has 26 heavy (non-hydrogen) atoms. The van der Waals surface area contributed by atoms with E-state index in [4.69, 9.17) is 4.42 Å². The zero-order chi connectivity index (χ0) is 17.9. The second kappa shape index (κ2) is 7.63. The van der Waals surface area contributed by atoms with Gasteiger partial charge in [0, 0.05) is 0 Å². The van der Waals surface area contributed by atoms with Gasteiger partial charge in [0.05, 0.1) is 0 Å². The van der Waals surface area contributed by atoms with Crippen molar-refractivity contribution in [3.63, 3.8) is 0 Å². The van der Waals surface area contributed by atoms with Crippen molar-refractivity contribution in [3.8, 4) is 5.88 Å².